The summed E-state index contributed by atoms with van der Waals surface area (Å²) in [5.74, 6) is 0. The molecule has 2 heteroatoms. The normalized spacial score (nSPS) is 12.4. The van der Waals surface area contributed by atoms with E-state index in [0.29, 0.717) is 6.42 Å². The van der Waals surface area contributed by atoms with Crippen molar-refractivity contribution in [1.29, 1.82) is 5.26 Å². The van der Waals surface area contributed by atoms with Crippen molar-refractivity contribution in [2.24, 2.45) is 0 Å². The summed E-state index contributed by atoms with van der Waals surface area (Å²) in [5.41, 5.74) is 1.24. The Balaban J connectivity index is 2.62. The highest BCUT2D eigenvalue weighted by molar-refractivity contribution is 5.19. The van der Waals surface area contributed by atoms with Crippen molar-refractivity contribution in [2.75, 3.05) is 13.6 Å². The molecule has 17 heavy (non-hydrogen) atoms. The summed E-state index contributed by atoms with van der Waals surface area (Å²) in [7, 11) is 2.12. The highest BCUT2D eigenvalue weighted by Crippen LogP contribution is 2.22. The van der Waals surface area contributed by atoms with Crippen LogP contribution in [0.25, 0.3) is 0 Å². The van der Waals surface area contributed by atoms with Crippen LogP contribution >= 0.6 is 0 Å². The number of nitrogens with zero attached hydrogens (tertiary/aromatic N) is 2. The highest BCUT2D eigenvalue weighted by atomic mass is 15.1. The van der Waals surface area contributed by atoms with E-state index in [1.54, 1.807) is 0 Å². The van der Waals surface area contributed by atoms with Gasteiger partial charge in [0.15, 0.2) is 0 Å². The van der Waals surface area contributed by atoms with Crippen LogP contribution in [0, 0.1) is 11.3 Å². The van der Waals surface area contributed by atoms with Gasteiger partial charge in [-0.1, -0.05) is 50.1 Å². The second-order valence-corrected chi connectivity index (χ2v) is 4.48. The van der Waals surface area contributed by atoms with Gasteiger partial charge < -0.3 is 0 Å². The smallest absolute Gasteiger partial charge is 0.0641 e. The molecule has 0 aliphatic carbocycles. The fourth-order valence-electron chi connectivity index (χ4n) is 2.06. The molecule has 0 bridgehead atoms. The third kappa shape index (κ3) is 4.58. The van der Waals surface area contributed by atoms with Crippen LogP contribution in [-0.4, -0.2) is 18.5 Å². The summed E-state index contributed by atoms with van der Waals surface area (Å²) in [6.07, 6.45) is 4.27. The van der Waals surface area contributed by atoms with Gasteiger partial charge in [-0.2, -0.15) is 5.26 Å². The van der Waals surface area contributed by atoms with E-state index in [1.807, 2.05) is 18.2 Å². The monoisotopic (exact) mass is 230 g/mol. The van der Waals surface area contributed by atoms with Gasteiger partial charge in [0, 0.05) is 6.04 Å². The topological polar surface area (TPSA) is 27.0 Å². The standard InChI is InChI=1S/C15H22N2/c1-3-4-8-13-17(2)15(11-12-16)14-9-6-5-7-10-14/h5-7,9-10,15H,3-4,8,11,13H2,1-2H3. The average Bonchev–Trinajstić information content (AvgIpc) is 2.37. The minimum absolute atomic E-state index is 0.234. The molecule has 1 unspecified atom stereocenters. The lowest BCUT2D eigenvalue weighted by molar-refractivity contribution is 0.242. The van der Waals surface area contributed by atoms with Crippen molar-refractivity contribution in [3.05, 3.63) is 35.9 Å². The fourth-order valence-corrected chi connectivity index (χ4v) is 2.06. The molecule has 0 aromatic heterocycles. The first-order valence-corrected chi connectivity index (χ1v) is 6.41. The Kier molecular flexibility index (Phi) is 6.35. The first-order valence-electron chi connectivity index (χ1n) is 6.41. The molecule has 0 radical (unpaired) electrons. The lowest BCUT2D eigenvalue weighted by atomic mass is 10.0. The molecule has 0 saturated carbocycles. The molecule has 0 spiro atoms. The average molecular weight is 230 g/mol. The summed E-state index contributed by atoms with van der Waals surface area (Å²) in [6.45, 7) is 3.28. The van der Waals surface area contributed by atoms with Gasteiger partial charge in [-0.25, -0.2) is 0 Å². The maximum atomic E-state index is 8.94. The van der Waals surface area contributed by atoms with Gasteiger partial charge >= 0.3 is 0 Å². The predicted octanol–water partition coefficient (Wildman–Crippen LogP) is 3.76. The Morgan fingerprint density at radius 1 is 1.24 bits per heavy atom. The van der Waals surface area contributed by atoms with Crippen molar-refractivity contribution in [1.82, 2.24) is 4.90 Å². The van der Waals surface area contributed by atoms with E-state index in [9.17, 15) is 0 Å². The predicted molar refractivity (Wildman–Crippen MR) is 71.6 cm³/mol. The molecule has 1 rings (SSSR count). The van der Waals surface area contributed by atoms with Crippen molar-refractivity contribution in [3.8, 4) is 6.07 Å². The van der Waals surface area contributed by atoms with Gasteiger partial charge in [0.1, 0.15) is 0 Å². The van der Waals surface area contributed by atoms with Gasteiger partial charge in [-0.05, 0) is 25.6 Å². The van der Waals surface area contributed by atoms with Gasteiger partial charge in [0.2, 0.25) is 0 Å². The first kappa shape index (κ1) is 13.7. The molecule has 0 amide bonds. The van der Waals surface area contributed by atoms with Crippen LogP contribution in [0.2, 0.25) is 0 Å². The van der Waals surface area contributed by atoms with E-state index in [1.165, 1.54) is 24.8 Å². The van der Waals surface area contributed by atoms with Gasteiger partial charge in [0.05, 0.1) is 12.5 Å². The molecule has 92 valence electrons. The number of hydrogen-bond donors (Lipinski definition) is 0. The van der Waals surface area contributed by atoms with Crippen LogP contribution in [0.3, 0.4) is 0 Å². The molecular weight excluding hydrogens is 208 g/mol. The zero-order valence-electron chi connectivity index (χ0n) is 10.9. The zero-order valence-corrected chi connectivity index (χ0v) is 10.9. The molecule has 2 nitrogen and oxygen atoms in total. The summed E-state index contributed by atoms with van der Waals surface area (Å²) >= 11 is 0. The Hall–Kier alpha value is -1.33. The van der Waals surface area contributed by atoms with E-state index in [-0.39, 0.29) is 6.04 Å². The minimum atomic E-state index is 0.234. The Bertz CT molecular complexity index is 340. The number of rotatable bonds is 7. The van der Waals surface area contributed by atoms with Gasteiger partial charge in [-0.15, -0.1) is 0 Å². The van der Waals surface area contributed by atoms with Crippen LogP contribution in [0.1, 0.15) is 44.2 Å². The van der Waals surface area contributed by atoms with E-state index < -0.39 is 0 Å². The lowest BCUT2D eigenvalue weighted by Crippen LogP contribution is -2.25. The van der Waals surface area contributed by atoms with E-state index in [0.717, 1.165) is 6.54 Å². The second-order valence-electron chi connectivity index (χ2n) is 4.48. The SMILES string of the molecule is CCCCCN(C)C(CC#N)c1ccccc1. The molecule has 0 aliphatic heterocycles. The first-order chi connectivity index (χ1) is 8.29. The Labute approximate surface area is 105 Å². The molecule has 0 saturated heterocycles. The third-order valence-corrected chi connectivity index (χ3v) is 3.12. The second kappa shape index (κ2) is 7.86. The summed E-state index contributed by atoms with van der Waals surface area (Å²) in [6, 6.07) is 12.8. The van der Waals surface area contributed by atoms with Crippen LogP contribution in [-0.2, 0) is 0 Å². The lowest BCUT2D eigenvalue weighted by Gasteiger charge is -2.26. The number of unbranched alkanes of at least 4 members (excludes halogenated alkanes) is 2. The molecule has 1 atom stereocenters. The van der Waals surface area contributed by atoms with Crippen LogP contribution in [0.4, 0.5) is 0 Å². The van der Waals surface area contributed by atoms with Crippen LogP contribution < -0.4 is 0 Å². The largest absolute Gasteiger partial charge is 0.298 e. The van der Waals surface area contributed by atoms with Crippen molar-refractivity contribution >= 4 is 0 Å². The number of nitriles is 1. The summed E-state index contributed by atoms with van der Waals surface area (Å²) in [4.78, 5) is 2.30. The minimum Gasteiger partial charge on any atom is -0.298 e. The molecular formula is C15H22N2. The van der Waals surface area contributed by atoms with Gasteiger partial charge in [0.25, 0.3) is 0 Å². The molecule has 0 aliphatic rings. The summed E-state index contributed by atoms with van der Waals surface area (Å²) < 4.78 is 0. The molecule has 0 fully saturated rings. The zero-order chi connectivity index (χ0) is 12.5. The quantitative estimate of drug-likeness (QED) is 0.667. The Morgan fingerprint density at radius 2 is 1.94 bits per heavy atom. The number of hydrogen-bond acceptors (Lipinski definition) is 2. The summed E-state index contributed by atoms with van der Waals surface area (Å²) in [5, 5.41) is 8.94. The van der Waals surface area contributed by atoms with Crippen LogP contribution in [0.15, 0.2) is 30.3 Å². The van der Waals surface area contributed by atoms with E-state index in [2.05, 4.69) is 37.1 Å². The molecule has 1 aromatic rings. The van der Waals surface area contributed by atoms with Crippen molar-refractivity contribution in [3.63, 3.8) is 0 Å². The molecule has 1 aromatic carbocycles. The Morgan fingerprint density at radius 3 is 2.53 bits per heavy atom. The van der Waals surface area contributed by atoms with E-state index >= 15 is 0 Å². The van der Waals surface area contributed by atoms with Gasteiger partial charge in [-0.3, -0.25) is 4.90 Å². The van der Waals surface area contributed by atoms with E-state index in [4.69, 9.17) is 5.26 Å². The maximum absolute atomic E-state index is 8.94. The highest BCUT2D eigenvalue weighted by Gasteiger charge is 2.15. The number of benzene rings is 1. The fraction of sp³-hybridized carbons (Fsp3) is 0.533. The molecule has 0 N–H and O–H groups in total. The van der Waals surface area contributed by atoms with Crippen molar-refractivity contribution in [2.45, 2.75) is 38.6 Å². The van der Waals surface area contributed by atoms with Crippen molar-refractivity contribution < 1.29 is 0 Å². The third-order valence-electron chi connectivity index (χ3n) is 3.12. The molecule has 0 heterocycles. The van der Waals surface area contributed by atoms with Crippen LogP contribution in [0.5, 0.6) is 0 Å². The maximum Gasteiger partial charge on any atom is 0.0641 e.